The molecular weight excluding hydrogens is 258 g/mol. The van der Waals surface area contributed by atoms with Gasteiger partial charge in [-0.3, -0.25) is 0 Å². The molecule has 1 unspecified atom stereocenters. The molecule has 3 rings (SSSR count). The van der Waals surface area contributed by atoms with Crippen molar-refractivity contribution in [2.75, 3.05) is 26.7 Å². The number of para-hydroxylation sites is 1. The normalized spacial score (nSPS) is 20.1. The van der Waals surface area contributed by atoms with E-state index >= 15 is 0 Å². The summed E-state index contributed by atoms with van der Waals surface area (Å²) in [6, 6.07) is 7.13. The summed E-state index contributed by atoms with van der Waals surface area (Å²) < 4.78 is 10.9. The first-order valence-corrected chi connectivity index (χ1v) is 6.62. The highest BCUT2D eigenvalue weighted by Crippen LogP contribution is 2.22. The van der Waals surface area contributed by atoms with Gasteiger partial charge in [-0.05, 0) is 13.1 Å². The lowest BCUT2D eigenvalue weighted by molar-refractivity contribution is -0.0264. The maximum atomic E-state index is 9.74. The quantitative estimate of drug-likeness (QED) is 0.912. The van der Waals surface area contributed by atoms with E-state index in [0.717, 1.165) is 18.7 Å². The van der Waals surface area contributed by atoms with Gasteiger partial charge in [-0.25, -0.2) is 0 Å². The number of morpholine rings is 1. The maximum Gasteiger partial charge on any atom is 0.231 e. The molecule has 2 aromatic rings. The SMILES string of the molecule is CN1CCOC(c2noc(Cc3ccccc3O)n2)C1. The highest BCUT2D eigenvalue weighted by Gasteiger charge is 2.24. The minimum absolute atomic E-state index is 0.143. The van der Waals surface area contributed by atoms with Gasteiger partial charge in [0.2, 0.25) is 11.7 Å². The molecule has 1 aliphatic rings. The first kappa shape index (κ1) is 13.1. The van der Waals surface area contributed by atoms with Gasteiger partial charge >= 0.3 is 0 Å². The highest BCUT2D eigenvalue weighted by atomic mass is 16.5. The number of hydrogen-bond donors (Lipinski definition) is 1. The molecule has 1 aromatic heterocycles. The van der Waals surface area contributed by atoms with Gasteiger partial charge < -0.3 is 19.3 Å². The topological polar surface area (TPSA) is 71.6 Å². The van der Waals surface area contributed by atoms with Crippen molar-refractivity contribution in [2.24, 2.45) is 0 Å². The van der Waals surface area contributed by atoms with E-state index in [1.54, 1.807) is 12.1 Å². The minimum atomic E-state index is -0.143. The minimum Gasteiger partial charge on any atom is -0.508 e. The summed E-state index contributed by atoms with van der Waals surface area (Å²) in [7, 11) is 2.04. The number of aromatic nitrogens is 2. The second-order valence-electron chi connectivity index (χ2n) is 4.97. The number of rotatable bonds is 3. The zero-order valence-corrected chi connectivity index (χ0v) is 11.3. The number of phenols is 1. The molecule has 1 fully saturated rings. The molecule has 0 spiro atoms. The van der Waals surface area contributed by atoms with Crippen LogP contribution in [0, 0.1) is 0 Å². The second kappa shape index (κ2) is 5.60. The number of likely N-dealkylation sites (N-methyl/N-ethyl adjacent to an activating group) is 1. The summed E-state index contributed by atoms with van der Waals surface area (Å²) in [4.78, 5) is 6.54. The van der Waals surface area contributed by atoms with Gasteiger partial charge in [0, 0.05) is 18.7 Å². The van der Waals surface area contributed by atoms with Gasteiger partial charge in [0.05, 0.1) is 13.0 Å². The third kappa shape index (κ3) is 2.81. The molecule has 0 radical (unpaired) electrons. The number of hydrogen-bond acceptors (Lipinski definition) is 6. The summed E-state index contributed by atoms with van der Waals surface area (Å²) in [5, 5.41) is 13.7. The molecule has 1 N–H and O–H groups in total. The smallest absolute Gasteiger partial charge is 0.231 e. The van der Waals surface area contributed by atoms with Crippen LogP contribution in [0.25, 0.3) is 0 Å². The number of benzene rings is 1. The Morgan fingerprint density at radius 2 is 2.25 bits per heavy atom. The average Bonchev–Trinajstić information content (AvgIpc) is 2.90. The van der Waals surface area contributed by atoms with E-state index in [2.05, 4.69) is 15.0 Å². The largest absolute Gasteiger partial charge is 0.508 e. The lowest BCUT2D eigenvalue weighted by Crippen LogP contribution is -2.35. The van der Waals surface area contributed by atoms with Gasteiger partial charge in [0.15, 0.2) is 0 Å². The maximum absolute atomic E-state index is 9.74. The summed E-state index contributed by atoms with van der Waals surface area (Å²) >= 11 is 0. The Morgan fingerprint density at radius 1 is 1.40 bits per heavy atom. The Hall–Kier alpha value is -1.92. The lowest BCUT2D eigenvalue weighted by Gasteiger charge is -2.27. The van der Waals surface area contributed by atoms with E-state index in [0.29, 0.717) is 24.7 Å². The Kier molecular flexibility index (Phi) is 3.66. The predicted molar refractivity (Wildman–Crippen MR) is 71.4 cm³/mol. The standard InChI is InChI=1S/C14H17N3O3/c1-17-6-7-19-12(9-17)14-15-13(20-16-14)8-10-4-2-3-5-11(10)18/h2-5,12,18H,6-9H2,1H3. The molecule has 1 aliphatic heterocycles. The van der Waals surface area contributed by atoms with Crippen LogP contribution >= 0.6 is 0 Å². The van der Waals surface area contributed by atoms with Gasteiger partial charge in [0.1, 0.15) is 11.9 Å². The van der Waals surface area contributed by atoms with E-state index in [4.69, 9.17) is 9.26 Å². The third-order valence-corrected chi connectivity index (χ3v) is 3.37. The predicted octanol–water partition coefficient (Wildman–Crippen LogP) is 1.37. The summed E-state index contributed by atoms with van der Waals surface area (Å²) in [6.07, 6.45) is 0.276. The molecule has 0 amide bonds. The first-order valence-electron chi connectivity index (χ1n) is 6.62. The second-order valence-corrected chi connectivity index (χ2v) is 4.97. The zero-order valence-electron chi connectivity index (χ0n) is 11.3. The molecule has 0 bridgehead atoms. The summed E-state index contributed by atoms with van der Waals surface area (Å²) in [6.45, 7) is 2.35. The number of ether oxygens (including phenoxy) is 1. The van der Waals surface area contributed by atoms with Crippen LogP contribution in [0.2, 0.25) is 0 Å². The van der Waals surface area contributed by atoms with E-state index in [-0.39, 0.29) is 11.9 Å². The molecule has 1 saturated heterocycles. The van der Waals surface area contributed by atoms with Crippen molar-refractivity contribution in [3.8, 4) is 5.75 Å². The summed E-state index contributed by atoms with van der Waals surface area (Å²) in [5.41, 5.74) is 0.768. The molecular formula is C14H17N3O3. The third-order valence-electron chi connectivity index (χ3n) is 3.37. The number of aromatic hydroxyl groups is 1. The van der Waals surface area contributed by atoms with Gasteiger partial charge in [-0.1, -0.05) is 23.4 Å². The molecule has 0 saturated carbocycles. The van der Waals surface area contributed by atoms with Crippen LogP contribution in [0.4, 0.5) is 0 Å². The Morgan fingerprint density at radius 3 is 3.05 bits per heavy atom. The van der Waals surface area contributed by atoms with Crippen LogP contribution in [0.1, 0.15) is 23.4 Å². The molecule has 1 aromatic carbocycles. The molecule has 1 atom stereocenters. The van der Waals surface area contributed by atoms with Crippen LogP contribution in [-0.4, -0.2) is 46.9 Å². The van der Waals surface area contributed by atoms with Crippen molar-refractivity contribution < 1.29 is 14.4 Å². The van der Waals surface area contributed by atoms with Crippen LogP contribution in [-0.2, 0) is 11.2 Å². The van der Waals surface area contributed by atoms with Crippen LogP contribution in [0.5, 0.6) is 5.75 Å². The molecule has 0 aliphatic carbocycles. The Labute approximate surface area is 117 Å². The molecule has 20 heavy (non-hydrogen) atoms. The first-order chi connectivity index (χ1) is 9.72. The highest BCUT2D eigenvalue weighted by molar-refractivity contribution is 5.33. The van der Waals surface area contributed by atoms with E-state index in [1.807, 2.05) is 19.2 Å². The lowest BCUT2D eigenvalue weighted by atomic mass is 10.1. The van der Waals surface area contributed by atoms with Gasteiger partial charge in [-0.2, -0.15) is 4.98 Å². The van der Waals surface area contributed by atoms with Crippen molar-refractivity contribution in [1.29, 1.82) is 0 Å². The average molecular weight is 275 g/mol. The molecule has 6 nitrogen and oxygen atoms in total. The van der Waals surface area contributed by atoms with Crippen molar-refractivity contribution >= 4 is 0 Å². The van der Waals surface area contributed by atoms with E-state index < -0.39 is 0 Å². The number of nitrogens with zero attached hydrogens (tertiary/aromatic N) is 3. The fraction of sp³-hybridized carbons (Fsp3) is 0.429. The fourth-order valence-electron chi connectivity index (χ4n) is 2.23. The fourth-order valence-corrected chi connectivity index (χ4v) is 2.23. The Bertz CT molecular complexity index is 585. The van der Waals surface area contributed by atoms with Gasteiger partial charge in [0.25, 0.3) is 0 Å². The van der Waals surface area contributed by atoms with Crippen molar-refractivity contribution in [1.82, 2.24) is 15.0 Å². The van der Waals surface area contributed by atoms with E-state index in [1.165, 1.54) is 0 Å². The molecule has 106 valence electrons. The Balaban J connectivity index is 1.72. The molecule has 6 heteroatoms. The van der Waals surface area contributed by atoms with Crippen molar-refractivity contribution in [2.45, 2.75) is 12.5 Å². The van der Waals surface area contributed by atoms with Gasteiger partial charge in [-0.15, -0.1) is 0 Å². The zero-order chi connectivity index (χ0) is 13.9. The molecule has 2 heterocycles. The van der Waals surface area contributed by atoms with Crippen molar-refractivity contribution in [3.05, 3.63) is 41.5 Å². The monoisotopic (exact) mass is 275 g/mol. The van der Waals surface area contributed by atoms with Crippen LogP contribution < -0.4 is 0 Å². The van der Waals surface area contributed by atoms with Crippen LogP contribution in [0.3, 0.4) is 0 Å². The van der Waals surface area contributed by atoms with Crippen LogP contribution in [0.15, 0.2) is 28.8 Å². The summed E-state index contributed by atoms with van der Waals surface area (Å²) in [5.74, 6) is 1.29. The van der Waals surface area contributed by atoms with Crippen molar-refractivity contribution in [3.63, 3.8) is 0 Å². The van der Waals surface area contributed by atoms with E-state index in [9.17, 15) is 5.11 Å². The number of phenolic OH excluding ortho intramolecular Hbond substituents is 1.